The molecule has 0 spiro atoms. The smallest absolute Gasteiger partial charge is 0.387 e. The summed E-state index contributed by atoms with van der Waals surface area (Å²) in [7, 11) is 1.54. The van der Waals surface area contributed by atoms with E-state index in [4.69, 9.17) is 9.05 Å². The molecule has 56 heavy (non-hydrogen) atoms. The van der Waals surface area contributed by atoms with E-state index in [1.54, 1.807) is 6.08 Å². The molecule has 0 aromatic carbocycles. The second-order valence-corrected chi connectivity index (χ2v) is 16.8. The van der Waals surface area contributed by atoms with Gasteiger partial charge in [-0.3, -0.25) is 13.8 Å². The van der Waals surface area contributed by atoms with Gasteiger partial charge in [-0.1, -0.05) is 156 Å². The van der Waals surface area contributed by atoms with Crippen molar-refractivity contribution in [3.8, 4) is 0 Å². The summed E-state index contributed by atoms with van der Waals surface area (Å²) >= 11 is 0. The van der Waals surface area contributed by atoms with Gasteiger partial charge in [0.1, 0.15) is 13.2 Å². The van der Waals surface area contributed by atoms with Crippen molar-refractivity contribution in [3.05, 3.63) is 97.2 Å². The van der Waals surface area contributed by atoms with E-state index in [9.17, 15) is 19.4 Å². The zero-order valence-electron chi connectivity index (χ0n) is 36.1. The van der Waals surface area contributed by atoms with Crippen molar-refractivity contribution < 1.29 is 32.9 Å². The SMILES string of the molecule is CC/C=C\C/C=C\C/C=C\C/C=C\C/C=C\C/C=C\C/C=C\CCCCCCCCCC(=O)NC(COP(=O)(O)OCC[N+](C)(C)C)C(O)/C=C/CCCCC. The molecule has 3 unspecified atom stereocenters. The topological polar surface area (TPSA) is 105 Å². The number of phosphoric acid groups is 1. The molecule has 0 fully saturated rings. The summed E-state index contributed by atoms with van der Waals surface area (Å²) in [6, 6.07) is -0.855. The average molecular weight is 802 g/mol. The highest BCUT2D eigenvalue weighted by molar-refractivity contribution is 7.47. The van der Waals surface area contributed by atoms with Crippen LogP contribution in [0.5, 0.6) is 0 Å². The van der Waals surface area contributed by atoms with Crippen molar-refractivity contribution in [2.75, 3.05) is 40.9 Å². The maximum atomic E-state index is 12.7. The Bertz CT molecular complexity index is 1230. The largest absolute Gasteiger partial charge is 0.472 e. The molecular weight excluding hydrogens is 719 g/mol. The molecule has 3 N–H and O–H groups in total. The number of aliphatic hydroxyl groups excluding tert-OH is 1. The number of nitrogens with one attached hydrogen (secondary N) is 1. The van der Waals surface area contributed by atoms with Gasteiger partial charge in [0.15, 0.2) is 0 Å². The van der Waals surface area contributed by atoms with Crippen molar-refractivity contribution in [1.82, 2.24) is 5.32 Å². The molecule has 0 saturated carbocycles. The van der Waals surface area contributed by atoms with Crippen LogP contribution < -0.4 is 5.32 Å². The van der Waals surface area contributed by atoms with E-state index in [1.807, 2.05) is 27.2 Å². The lowest BCUT2D eigenvalue weighted by molar-refractivity contribution is -0.870. The van der Waals surface area contributed by atoms with Crippen LogP contribution in [0.1, 0.15) is 142 Å². The Kier molecular flexibility index (Phi) is 36.2. The van der Waals surface area contributed by atoms with Gasteiger partial charge in [-0.2, -0.15) is 0 Å². The Labute approximate surface area is 343 Å². The van der Waals surface area contributed by atoms with E-state index < -0.39 is 20.0 Å². The minimum atomic E-state index is -4.33. The van der Waals surface area contributed by atoms with Gasteiger partial charge in [-0.25, -0.2) is 4.57 Å². The summed E-state index contributed by atoms with van der Waals surface area (Å²) in [5, 5.41) is 13.6. The second-order valence-electron chi connectivity index (χ2n) is 15.3. The summed E-state index contributed by atoms with van der Waals surface area (Å²) in [4.78, 5) is 22.9. The van der Waals surface area contributed by atoms with Crippen LogP contribution in [0.15, 0.2) is 97.2 Å². The van der Waals surface area contributed by atoms with Gasteiger partial charge in [0.25, 0.3) is 0 Å². The lowest BCUT2D eigenvalue weighted by atomic mass is 10.1. The Balaban J connectivity index is 4.11. The molecule has 0 aromatic rings. The molecule has 0 aliphatic heterocycles. The van der Waals surface area contributed by atoms with Crippen LogP contribution in [0.25, 0.3) is 0 Å². The number of rotatable bonds is 37. The Morgan fingerprint density at radius 3 is 1.57 bits per heavy atom. The zero-order chi connectivity index (χ0) is 41.4. The number of phosphoric ester groups is 1. The number of quaternary nitrogens is 1. The molecular formula is C47H82N2O6P+. The van der Waals surface area contributed by atoms with Crippen LogP contribution in [0.4, 0.5) is 0 Å². The molecule has 8 nitrogen and oxygen atoms in total. The van der Waals surface area contributed by atoms with Crippen molar-refractivity contribution in [3.63, 3.8) is 0 Å². The lowest BCUT2D eigenvalue weighted by Gasteiger charge is -2.25. The summed E-state index contributed by atoms with van der Waals surface area (Å²) in [5.41, 5.74) is 0. The summed E-state index contributed by atoms with van der Waals surface area (Å²) in [6.45, 7) is 4.54. The first kappa shape index (κ1) is 53.4. The van der Waals surface area contributed by atoms with E-state index in [0.29, 0.717) is 17.4 Å². The minimum Gasteiger partial charge on any atom is -0.387 e. The third-order valence-electron chi connectivity index (χ3n) is 8.81. The molecule has 9 heteroatoms. The molecule has 0 heterocycles. The predicted molar refractivity (Wildman–Crippen MR) is 239 cm³/mol. The Morgan fingerprint density at radius 1 is 0.625 bits per heavy atom. The van der Waals surface area contributed by atoms with Crippen LogP contribution >= 0.6 is 7.82 Å². The first-order valence-electron chi connectivity index (χ1n) is 21.6. The fourth-order valence-corrected chi connectivity index (χ4v) is 6.11. The molecule has 0 bridgehead atoms. The van der Waals surface area contributed by atoms with Crippen molar-refractivity contribution in [2.45, 2.75) is 154 Å². The Morgan fingerprint density at radius 2 is 1.07 bits per heavy atom. The number of allylic oxidation sites excluding steroid dienone is 15. The molecule has 0 aromatic heterocycles. The van der Waals surface area contributed by atoms with Crippen LogP contribution in [-0.4, -0.2) is 73.4 Å². The quantitative estimate of drug-likeness (QED) is 0.0250. The number of nitrogens with zero attached hydrogens (tertiary/aromatic N) is 1. The molecule has 0 aliphatic carbocycles. The van der Waals surface area contributed by atoms with Crippen LogP contribution in [0, 0.1) is 0 Å². The first-order chi connectivity index (χ1) is 27.0. The maximum absolute atomic E-state index is 12.7. The number of hydrogen-bond donors (Lipinski definition) is 3. The van der Waals surface area contributed by atoms with Gasteiger partial charge < -0.3 is 19.8 Å². The fourth-order valence-electron chi connectivity index (χ4n) is 5.37. The van der Waals surface area contributed by atoms with E-state index >= 15 is 0 Å². The number of aliphatic hydroxyl groups is 1. The van der Waals surface area contributed by atoms with E-state index in [1.165, 1.54) is 19.3 Å². The highest BCUT2D eigenvalue weighted by Gasteiger charge is 2.27. The van der Waals surface area contributed by atoms with Crippen LogP contribution in [0.3, 0.4) is 0 Å². The number of likely N-dealkylation sites (N-methyl/N-ethyl adjacent to an activating group) is 1. The summed E-state index contributed by atoms with van der Waals surface area (Å²) in [6.07, 6.45) is 53.8. The zero-order valence-corrected chi connectivity index (χ0v) is 37.0. The molecule has 0 rings (SSSR count). The highest BCUT2D eigenvalue weighted by Crippen LogP contribution is 2.43. The highest BCUT2D eigenvalue weighted by atomic mass is 31.2. The number of carbonyl (C=O) groups is 1. The number of carbonyl (C=O) groups excluding carboxylic acids is 1. The van der Waals surface area contributed by atoms with Crippen molar-refractivity contribution >= 4 is 13.7 Å². The Hall–Kier alpha value is -2.58. The molecule has 1 amide bonds. The third kappa shape index (κ3) is 39.6. The molecule has 0 aliphatic rings. The second kappa shape index (κ2) is 38.0. The molecule has 320 valence electrons. The summed E-state index contributed by atoms with van der Waals surface area (Å²) < 4.78 is 23.3. The number of amides is 1. The van der Waals surface area contributed by atoms with Gasteiger partial charge in [-0.05, 0) is 77.0 Å². The van der Waals surface area contributed by atoms with E-state index in [0.717, 1.165) is 103 Å². The van der Waals surface area contributed by atoms with Crippen LogP contribution in [-0.2, 0) is 18.4 Å². The first-order valence-corrected chi connectivity index (χ1v) is 23.1. The van der Waals surface area contributed by atoms with Gasteiger partial charge >= 0.3 is 7.82 Å². The van der Waals surface area contributed by atoms with Gasteiger partial charge in [0, 0.05) is 6.42 Å². The van der Waals surface area contributed by atoms with Gasteiger partial charge in [0.2, 0.25) is 5.91 Å². The van der Waals surface area contributed by atoms with E-state index in [2.05, 4.69) is 104 Å². The minimum absolute atomic E-state index is 0.0525. The fraction of sp³-hybridized carbons (Fsp3) is 0.638. The molecule has 0 radical (unpaired) electrons. The van der Waals surface area contributed by atoms with Crippen LogP contribution in [0.2, 0.25) is 0 Å². The van der Waals surface area contributed by atoms with Gasteiger partial charge in [0.05, 0.1) is 39.9 Å². The monoisotopic (exact) mass is 802 g/mol. The average Bonchev–Trinajstić information content (AvgIpc) is 3.15. The van der Waals surface area contributed by atoms with Gasteiger partial charge in [-0.15, -0.1) is 0 Å². The lowest BCUT2D eigenvalue weighted by Crippen LogP contribution is -2.45. The summed E-state index contributed by atoms with van der Waals surface area (Å²) in [5.74, 6) is -0.202. The number of hydrogen-bond acceptors (Lipinski definition) is 5. The third-order valence-corrected chi connectivity index (χ3v) is 9.79. The van der Waals surface area contributed by atoms with E-state index in [-0.39, 0.29) is 19.1 Å². The van der Waals surface area contributed by atoms with Crippen molar-refractivity contribution in [1.29, 1.82) is 0 Å². The normalized spacial score (nSPS) is 15.3. The maximum Gasteiger partial charge on any atom is 0.472 e. The predicted octanol–water partition coefficient (Wildman–Crippen LogP) is 12.0. The molecule has 0 saturated heterocycles. The molecule has 3 atom stereocenters. The standard InChI is InChI=1S/C47H81N2O6P/c1-6-8-10-12-13-14-15-16-17-18-19-20-21-22-23-24-25-26-27-28-29-30-31-32-33-34-35-37-39-41-47(51)48-45(46(50)40-38-36-11-9-7-2)44-55-56(52,53)54-43-42-49(3,4)5/h8,10,13-14,16-17,19-20,22-23,25-26,28-29,38,40,45-46,50H,6-7,9,11-12,15,18,21,24,27,30-37,39,41-44H2,1-5H3,(H-,48,51,52,53)/p+1/b10-8-,14-13-,17-16-,20-19-,23-22-,26-25-,29-28-,40-38+. The van der Waals surface area contributed by atoms with Crippen molar-refractivity contribution in [2.24, 2.45) is 0 Å². The number of unbranched alkanes of at least 4 members (excludes halogenated alkanes) is 10.